The monoisotopic (exact) mass is 312 g/mol. The summed E-state index contributed by atoms with van der Waals surface area (Å²) in [6.07, 6.45) is 1.87. The fourth-order valence-corrected chi connectivity index (χ4v) is 2.89. The Balaban J connectivity index is 2.29. The quantitative estimate of drug-likeness (QED) is 0.666. The number of ether oxygens (including phenoxy) is 1. The maximum absolute atomic E-state index is 5.75. The number of nitrogens with two attached hydrogens (primary N) is 1. The molecule has 0 radical (unpaired) electrons. The Kier molecular flexibility index (Phi) is 3.99. The van der Waals surface area contributed by atoms with Gasteiger partial charge in [0.2, 0.25) is 0 Å². The second-order valence-corrected chi connectivity index (χ2v) is 6.86. The lowest BCUT2D eigenvalue weighted by molar-refractivity contribution is 0.265. The number of benzene rings is 1. The van der Waals surface area contributed by atoms with Crippen molar-refractivity contribution in [1.82, 2.24) is 5.43 Å². The van der Waals surface area contributed by atoms with Crippen molar-refractivity contribution in [2.24, 2.45) is 11.3 Å². The number of rotatable bonds is 3. The Labute approximate surface area is 117 Å². The normalized spacial score (nSPS) is 16.3. The van der Waals surface area contributed by atoms with Crippen LogP contribution < -0.4 is 16.0 Å². The number of halogens is 1. The highest BCUT2D eigenvalue weighted by atomic mass is 79.9. The molecule has 1 atom stereocenters. The summed E-state index contributed by atoms with van der Waals surface area (Å²) >= 11 is 3.57. The average molecular weight is 313 g/mol. The molecule has 0 bridgehead atoms. The maximum Gasteiger partial charge on any atom is 0.125 e. The summed E-state index contributed by atoms with van der Waals surface area (Å²) in [5.41, 5.74) is 5.57. The minimum atomic E-state index is 0.114. The Morgan fingerprint density at radius 2 is 2.17 bits per heavy atom. The molecule has 0 saturated carbocycles. The maximum atomic E-state index is 5.75. The van der Waals surface area contributed by atoms with Gasteiger partial charge in [-0.05, 0) is 35.1 Å². The van der Waals surface area contributed by atoms with Gasteiger partial charge in [0.05, 0.1) is 6.61 Å². The third-order valence-electron chi connectivity index (χ3n) is 3.50. The average Bonchev–Trinajstić information content (AvgIpc) is 2.71. The van der Waals surface area contributed by atoms with E-state index in [1.54, 1.807) is 0 Å². The molecule has 1 heterocycles. The fourth-order valence-electron chi connectivity index (χ4n) is 2.33. The Bertz CT molecular complexity index is 440. The van der Waals surface area contributed by atoms with Gasteiger partial charge in [-0.3, -0.25) is 11.3 Å². The highest BCUT2D eigenvalue weighted by Gasteiger charge is 2.26. The molecule has 0 amide bonds. The van der Waals surface area contributed by atoms with Gasteiger partial charge >= 0.3 is 0 Å². The third kappa shape index (κ3) is 2.87. The molecule has 1 aromatic carbocycles. The van der Waals surface area contributed by atoms with Gasteiger partial charge in [-0.2, -0.15) is 0 Å². The van der Waals surface area contributed by atoms with Gasteiger partial charge in [0.1, 0.15) is 5.75 Å². The molecule has 1 aliphatic rings. The summed E-state index contributed by atoms with van der Waals surface area (Å²) < 4.78 is 6.87. The van der Waals surface area contributed by atoms with Crippen LogP contribution in [0.4, 0.5) is 0 Å². The molecule has 0 fully saturated rings. The molecule has 3 N–H and O–H groups in total. The SMILES string of the molecule is CC(C)(C)C(Cc1cc(Br)cc2c1OCC2)NN. The van der Waals surface area contributed by atoms with Crippen LogP contribution in [0.5, 0.6) is 5.75 Å². The molecule has 18 heavy (non-hydrogen) atoms. The standard InChI is InChI=1S/C14H21BrN2O/c1-14(2,3)12(17-16)8-10-7-11(15)6-9-4-5-18-13(9)10/h6-7,12,17H,4-5,8,16H2,1-3H3. The molecule has 1 aromatic rings. The Morgan fingerprint density at radius 3 is 2.78 bits per heavy atom. The smallest absolute Gasteiger partial charge is 0.125 e. The molecule has 0 aliphatic carbocycles. The highest BCUT2D eigenvalue weighted by Crippen LogP contribution is 2.35. The van der Waals surface area contributed by atoms with E-state index in [9.17, 15) is 0 Å². The first-order valence-corrected chi connectivity index (χ1v) is 7.11. The molecule has 2 rings (SSSR count). The van der Waals surface area contributed by atoms with Gasteiger partial charge in [0.25, 0.3) is 0 Å². The van der Waals surface area contributed by atoms with Gasteiger partial charge < -0.3 is 4.74 Å². The van der Waals surface area contributed by atoms with Crippen LogP contribution in [0, 0.1) is 5.41 Å². The number of hydrogen-bond donors (Lipinski definition) is 2. The van der Waals surface area contributed by atoms with Crippen LogP contribution in [0.3, 0.4) is 0 Å². The van der Waals surface area contributed by atoms with Crippen LogP contribution in [0.25, 0.3) is 0 Å². The van der Waals surface area contributed by atoms with E-state index in [2.05, 4.69) is 54.3 Å². The minimum Gasteiger partial charge on any atom is -0.493 e. The van der Waals surface area contributed by atoms with Crippen molar-refractivity contribution in [2.75, 3.05) is 6.61 Å². The number of hydrazine groups is 1. The molecule has 3 nitrogen and oxygen atoms in total. The van der Waals surface area contributed by atoms with E-state index in [1.807, 2.05) is 0 Å². The zero-order valence-electron chi connectivity index (χ0n) is 11.2. The molecule has 100 valence electrons. The van der Waals surface area contributed by atoms with E-state index in [0.717, 1.165) is 29.7 Å². The lowest BCUT2D eigenvalue weighted by atomic mass is 9.83. The number of hydrogen-bond acceptors (Lipinski definition) is 3. The first-order valence-electron chi connectivity index (χ1n) is 6.32. The predicted octanol–water partition coefficient (Wildman–Crippen LogP) is 2.80. The molecular formula is C14H21BrN2O. The van der Waals surface area contributed by atoms with Gasteiger partial charge in [0.15, 0.2) is 0 Å². The minimum absolute atomic E-state index is 0.114. The van der Waals surface area contributed by atoms with Gasteiger partial charge in [-0.25, -0.2) is 0 Å². The Morgan fingerprint density at radius 1 is 1.44 bits per heavy atom. The van der Waals surface area contributed by atoms with Gasteiger partial charge in [-0.1, -0.05) is 36.7 Å². The molecule has 0 saturated heterocycles. The van der Waals surface area contributed by atoms with Crippen molar-refractivity contribution in [3.63, 3.8) is 0 Å². The van der Waals surface area contributed by atoms with Crippen LogP contribution in [-0.2, 0) is 12.8 Å². The summed E-state index contributed by atoms with van der Waals surface area (Å²) in [5.74, 6) is 6.75. The van der Waals surface area contributed by atoms with E-state index in [-0.39, 0.29) is 11.5 Å². The van der Waals surface area contributed by atoms with Crippen LogP contribution in [0.15, 0.2) is 16.6 Å². The van der Waals surface area contributed by atoms with Crippen molar-refractivity contribution < 1.29 is 4.74 Å². The topological polar surface area (TPSA) is 47.3 Å². The summed E-state index contributed by atoms with van der Waals surface area (Å²) in [7, 11) is 0. The van der Waals surface area contributed by atoms with Crippen LogP contribution >= 0.6 is 15.9 Å². The molecule has 1 aliphatic heterocycles. The lowest BCUT2D eigenvalue weighted by Gasteiger charge is -2.30. The van der Waals surface area contributed by atoms with E-state index in [4.69, 9.17) is 10.6 Å². The van der Waals surface area contributed by atoms with Crippen molar-refractivity contribution >= 4 is 15.9 Å². The summed E-state index contributed by atoms with van der Waals surface area (Å²) in [5, 5.41) is 0. The number of fused-ring (bicyclic) bond motifs is 1. The van der Waals surface area contributed by atoms with E-state index >= 15 is 0 Å². The van der Waals surface area contributed by atoms with E-state index in [1.165, 1.54) is 11.1 Å². The highest BCUT2D eigenvalue weighted by molar-refractivity contribution is 9.10. The molecule has 1 unspecified atom stereocenters. The first kappa shape index (κ1) is 13.8. The van der Waals surface area contributed by atoms with E-state index in [0.29, 0.717) is 0 Å². The summed E-state index contributed by atoms with van der Waals surface area (Å²) in [6.45, 7) is 7.36. The van der Waals surface area contributed by atoms with Crippen molar-refractivity contribution in [3.05, 3.63) is 27.7 Å². The zero-order chi connectivity index (χ0) is 13.3. The molecule has 4 heteroatoms. The molecular weight excluding hydrogens is 292 g/mol. The van der Waals surface area contributed by atoms with Crippen molar-refractivity contribution in [1.29, 1.82) is 0 Å². The fraction of sp³-hybridized carbons (Fsp3) is 0.571. The van der Waals surface area contributed by atoms with Crippen molar-refractivity contribution in [2.45, 2.75) is 39.7 Å². The second-order valence-electron chi connectivity index (χ2n) is 5.94. The first-order chi connectivity index (χ1) is 8.41. The predicted molar refractivity (Wildman–Crippen MR) is 77.6 cm³/mol. The second kappa shape index (κ2) is 5.19. The lowest BCUT2D eigenvalue weighted by Crippen LogP contribution is -2.45. The summed E-state index contributed by atoms with van der Waals surface area (Å²) in [6, 6.07) is 4.51. The molecule has 0 spiro atoms. The van der Waals surface area contributed by atoms with Crippen molar-refractivity contribution in [3.8, 4) is 5.75 Å². The van der Waals surface area contributed by atoms with Crippen LogP contribution in [-0.4, -0.2) is 12.6 Å². The largest absolute Gasteiger partial charge is 0.493 e. The third-order valence-corrected chi connectivity index (χ3v) is 3.95. The Hall–Kier alpha value is -0.580. The van der Waals surface area contributed by atoms with Crippen LogP contribution in [0.2, 0.25) is 0 Å². The van der Waals surface area contributed by atoms with Gasteiger partial charge in [0, 0.05) is 16.9 Å². The van der Waals surface area contributed by atoms with E-state index < -0.39 is 0 Å². The number of nitrogens with one attached hydrogen (secondary N) is 1. The molecule has 0 aromatic heterocycles. The summed E-state index contributed by atoms with van der Waals surface area (Å²) in [4.78, 5) is 0. The van der Waals surface area contributed by atoms with Crippen LogP contribution in [0.1, 0.15) is 31.9 Å². The zero-order valence-corrected chi connectivity index (χ0v) is 12.8. The van der Waals surface area contributed by atoms with Gasteiger partial charge in [-0.15, -0.1) is 0 Å².